The molecule has 1 atom stereocenters. The van der Waals surface area contributed by atoms with Gasteiger partial charge in [0.15, 0.2) is 0 Å². The van der Waals surface area contributed by atoms with Crippen molar-refractivity contribution in [2.45, 2.75) is 19.9 Å². The molecule has 1 unspecified atom stereocenters. The Labute approximate surface area is 134 Å². The largest absolute Gasteiger partial charge is 0.348 e. The Hall–Kier alpha value is -2.69. The van der Waals surface area contributed by atoms with Gasteiger partial charge in [-0.25, -0.2) is 4.39 Å². The molecule has 0 fully saturated rings. The van der Waals surface area contributed by atoms with Crippen molar-refractivity contribution in [1.82, 2.24) is 5.32 Å². The lowest BCUT2D eigenvalue weighted by atomic mass is 10.1. The van der Waals surface area contributed by atoms with Crippen LogP contribution in [0.1, 0.15) is 25.5 Å². The van der Waals surface area contributed by atoms with Gasteiger partial charge in [0.05, 0.1) is 6.04 Å². The number of hydrogen-bond donors (Lipinski definition) is 1. The second kappa shape index (κ2) is 7.54. The molecule has 0 bridgehead atoms. The second-order valence-electron chi connectivity index (χ2n) is 5.28. The first kappa shape index (κ1) is 16.7. The van der Waals surface area contributed by atoms with Crippen LogP contribution in [-0.2, 0) is 9.59 Å². The molecule has 120 valence electrons. The molecule has 0 aromatic heterocycles. The Morgan fingerprint density at radius 3 is 2.43 bits per heavy atom. The normalized spacial score (nSPS) is 11.6. The average Bonchev–Trinajstić information content (AvgIpc) is 2.53. The highest BCUT2D eigenvalue weighted by atomic mass is 19.1. The SMILES string of the molecule is CC(=O)N(CC(=O)NC(C)c1ccccc1)c1cccc(F)c1. The zero-order chi connectivity index (χ0) is 16.8. The minimum Gasteiger partial charge on any atom is -0.348 e. The maximum Gasteiger partial charge on any atom is 0.240 e. The molecule has 2 rings (SSSR count). The smallest absolute Gasteiger partial charge is 0.240 e. The van der Waals surface area contributed by atoms with Gasteiger partial charge in [-0.15, -0.1) is 0 Å². The Balaban J connectivity index is 2.05. The van der Waals surface area contributed by atoms with Gasteiger partial charge in [-0.05, 0) is 30.7 Å². The highest BCUT2D eigenvalue weighted by Crippen LogP contribution is 2.16. The lowest BCUT2D eigenvalue weighted by Crippen LogP contribution is -2.40. The van der Waals surface area contributed by atoms with Crippen molar-refractivity contribution in [1.29, 1.82) is 0 Å². The van der Waals surface area contributed by atoms with Crippen LogP contribution < -0.4 is 10.2 Å². The molecule has 1 N–H and O–H groups in total. The van der Waals surface area contributed by atoms with Gasteiger partial charge in [0.25, 0.3) is 0 Å². The molecule has 0 radical (unpaired) electrons. The summed E-state index contributed by atoms with van der Waals surface area (Å²) in [5.41, 5.74) is 1.33. The fraction of sp³-hybridized carbons (Fsp3) is 0.222. The summed E-state index contributed by atoms with van der Waals surface area (Å²) in [6.45, 7) is 3.06. The van der Waals surface area contributed by atoms with Gasteiger partial charge in [0.1, 0.15) is 12.4 Å². The van der Waals surface area contributed by atoms with Crippen LogP contribution in [0.4, 0.5) is 10.1 Å². The highest BCUT2D eigenvalue weighted by molar-refractivity contribution is 5.97. The van der Waals surface area contributed by atoms with Crippen LogP contribution in [-0.4, -0.2) is 18.4 Å². The fourth-order valence-corrected chi connectivity index (χ4v) is 2.28. The topological polar surface area (TPSA) is 49.4 Å². The summed E-state index contributed by atoms with van der Waals surface area (Å²) >= 11 is 0. The molecule has 5 heteroatoms. The van der Waals surface area contributed by atoms with Gasteiger partial charge in [-0.2, -0.15) is 0 Å². The fourth-order valence-electron chi connectivity index (χ4n) is 2.28. The Kier molecular flexibility index (Phi) is 5.46. The molecular weight excluding hydrogens is 295 g/mol. The second-order valence-corrected chi connectivity index (χ2v) is 5.28. The maximum atomic E-state index is 13.3. The van der Waals surface area contributed by atoms with Crippen molar-refractivity contribution >= 4 is 17.5 Å². The molecule has 2 amide bonds. The Morgan fingerprint density at radius 2 is 1.83 bits per heavy atom. The summed E-state index contributed by atoms with van der Waals surface area (Å²) in [5.74, 6) is -1.08. The van der Waals surface area contributed by atoms with E-state index < -0.39 is 5.82 Å². The van der Waals surface area contributed by atoms with Crippen LogP contribution in [0.5, 0.6) is 0 Å². The van der Waals surface area contributed by atoms with Crippen molar-refractivity contribution in [3.63, 3.8) is 0 Å². The molecule has 0 saturated carbocycles. The first-order chi connectivity index (χ1) is 11.0. The van der Waals surface area contributed by atoms with Crippen LogP contribution in [0.25, 0.3) is 0 Å². The van der Waals surface area contributed by atoms with Gasteiger partial charge in [-0.3, -0.25) is 9.59 Å². The first-order valence-corrected chi connectivity index (χ1v) is 7.35. The van der Waals surface area contributed by atoms with Crippen LogP contribution in [0.3, 0.4) is 0 Å². The number of nitrogens with one attached hydrogen (secondary N) is 1. The van der Waals surface area contributed by atoms with Gasteiger partial charge in [-0.1, -0.05) is 36.4 Å². The summed E-state index contributed by atoms with van der Waals surface area (Å²) in [7, 11) is 0. The van der Waals surface area contributed by atoms with Crippen molar-refractivity contribution in [3.05, 3.63) is 66.0 Å². The van der Waals surface area contributed by atoms with Crippen molar-refractivity contribution in [3.8, 4) is 0 Å². The monoisotopic (exact) mass is 314 g/mol. The molecule has 0 aliphatic heterocycles. The maximum absolute atomic E-state index is 13.3. The minimum atomic E-state index is -0.452. The number of rotatable bonds is 5. The van der Waals surface area contributed by atoms with Crippen molar-refractivity contribution in [2.75, 3.05) is 11.4 Å². The number of benzene rings is 2. The Bertz CT molecular complexity index is 688. The van der Waals surface area contributed by atoms with Crippen LogP contribution in [0.2, 0.25) is 0 Å². The molecule has 0 spiro atoms. The van der Waals surface area contributed by atoms with E-state index >= 15 is 0 Å². The third-order valence-corrected chi connectivity index (χ3v) is 3.48. The summed E-state index contributed by atoms with van der Waals surface area (Å²) in [6.07, 6.45) is 0. The van der Waals surface area contributed by atoms with Crippen LogP contribution in [0.15, 0.2) is 54.6 Å². The van der Waals surface area contributed by atoms with E-state index in [0.29, 0.717) is 5.69 Å². The predicted octanol–water partition coefficient (Wildman–Crippen LogP) is 3.06. The number of amides is 2. The molecule has 23 heavy (non-hydrogen) atoms. The average molecular weight is 314 g/mol. The number of hydrogen-bond acceptors (Lipinski definition) is 2. The van der Waals surface area contributed by atoms with E-state index in [1.54, 1.807) is 6.07 Å². The summed E-state index contributed by atoms with van der Waals surface area (Å²) < 4.78 is 13.3. The first-order valence-electron chi connectivity index (χ1n) is 7.35. The van der Waals surface area contributed by atoms with Gasteiger partial charge in [0.2, 0.25) is 11.8 Å². The third kappa shape index (κ3) is 4.64. The molecular formula is C18H19FN2O2. The zero-order valence-electron chi connectivity index (χ0n) is 13.1. The van der Waals surface area contributed by atoms with Crippen LogP contribution in [0, 0.1) is 5.82 Å². The van der Waals surface area contributed by atoms with Crippen molar-refractivity contribution < 1.29 is 14.0 Å². The summed E-state index contributed by atoms with van der Waals surface area (Å²) in [4.78, 5) is 25.2. The van der Waals surface area contributed by atoms with E-state index in [0.717, 1.165) is 5.56 Å². The standard InChI is InChI=1S/C18H19FN2O2/c1-13(15-7-4-3-5-8-15)20-18(23)12-21(14(2)22)17-10-6-9-16(19)11-17/h3-11,13H,12H2,1-2H3,(H,20,23). The summed E-state index contributed by atoms with van der Waals surface area (Å²) in [5, 5.41) is 2.84. The zero-order valence-corrected chi connectivity index (χ0v) is 13.1. The lowest BCUT2D eigenvalue weighted by Gasteiger charge is -2.22. The highest BCUT2D eigenvalue weighted by Gasteiger charge is 2.17. The molecule has 2 aromatic carbocycles. The van der Waals surface area contributed by atoms with E-state index in [4.69, 9.17) is 0 Å². The molecule has 0 aliphatic rings. The van der Waals surface area contributed by atoms with Crippen LogP contribution >= 0.6 is 0 Å². The summed E-state index contributed by atoms with van der Waals surface area (Å²) in [6, 6.07) is 15.0. The van der Waals surface area contributed by atoms with E-state index in [1.807, 2.05) is 37.3 Å². The number of nitrogens with zero attached hydrogens (tertiary/aromatic N) is 1. The molecule has 0 heterocycles. The van der Waals surface area contributed by atoms with Gasteiger partial charge >= 0.3 is 0 Å². The minimum absolute atomic E-state index is 0.157. The molecule has 2 aromatic rings. The number of carbonyl (C=O) groups excluding carboxylic acids is 2. The Morgan fingerprint density at radius 1 is 1.13 bits per heavy atom. The number of carbonyl (C=O) groups is 2. The van der Waals surface area contributed by atoms with E-state index in [9.17, 15) is 14.0 Å². The van der Waals surface area contributed by atoms with Crippen molar-refractivity contribution in [2.24, 2.45) is 0 Å². The molecule has 0 saturated heterocycles. The van der Waals surface area contributed by atoms with E-state index in [1.165, 1.54) is 30.0 Å². The van der Waals surface area contributed by atoms with E-state index in [2.05, 4.69) is 5.32 Å². The van der Waals surface area contributed by atoms with Gasteiger partial charge in [0, 0.05) is 12.6 Å². The predicted molar refractivity (Wildman–Crippen MR) is 87.4 cm³/mol. The van der Waals surface area contributed by atoms with E-state index in [-0.39, 0.29) is 24.4 Å². The molecule has 4 nitrogen and oxygen atoms in total. The number of anilines is 1. The van der Waals surface area contributed by atoms with Gasteiger partial charge < -0.3 is 10.2 Å². The lowest BCUT2D eigenvalue weighted by molar-refractivity contribution is -0.123. The third-order valence-electron chi connectivity index (χ3n) is 3.48. The quantitative estimate of drug-likeness (QED) is 0.922. The molecule has 0 aliphatic carbocycles. The number of halogens is 1.